The van der Waals surface area contributed by atoms with Crippen molar-refractivity contribution in [3.05, 3.63) is 59.2 Å². The molecular weight excluding hydrogens is 348 g/mol. The highest BCUT2D eigenvalue weighted by Crippen LogP contribution is 2.30. The molecule has 2 aromatic carbocycles. The Morgan fingerprint density at radius 2 is 1.62 bits per heavy atom. The quantitative estimate of drug-likeness (QED) is 0.605. The van der Waals surface area contributed by atoms with Crippen LogP contribution in [0.2, 0.25) is 0 Å². The van der Waals surface area contributed by atoms with Gasteiger partial charge in [-0.3, -0.25) is 19.3 Å². The van der Waals surface area contributed by atoms with Gasteiger partial charge in [-0.1, -0.05) is 0 Å². The molecule has 2 amide bonds. The third-order valence-electron chi connectivity index (χ3n) is 3.61. The highest BCUT2D eigenvalue weighted by Gasteiger charge is 2.37. The second kappa shape index (κ2) is 6.91. The molecule has 2 aromatic rings. The lowest BCUT2D eigenvalue weighted by Crippen LogP contribution is -2.35. The van der Waals surface area contributed by atoms with E-state index in [1.807, 2.05) is 0 Å². The third-order valence-corrected chi connectivity index (χ3v) is 3.61. The Balaban J connectivity index is 1.84. The maximum absolute atomic E-state index is 13.2. The van der Waals surface area contributed by atoms with Gasteiger partial charge < -0.3 is 9.47 Å². The molecule has 0 spiro atoms. The summed E-state index contributed by atoms with van der Waals surface area (Å²) in [5.74, 6) is -3.60. The van der Waals surface area contributed by atoms with E-state index in [1.54, 1.807) is 6.92 Å². The van der Waals surface area contributed by atoms with Crippen molar-refractivity contribution in [1.29, 1.82) is 0 Å². The minimum absolute atomic E-state index is 0.0358. The number of hydrogen-bond acceptors (Lipinski definition) is 5. The fourth-order valence-electron chi connectivity index (χ4n) is 2.54. The molecule has 0 N–H and O–H groups in total. The van der Waals surface area contributed by atoms with Gasteiger partial charge in [0.05, 0.1) is 17.7 Å². The second-order valence-corrected chi connectivity index (χ2v) is 5.42. The van der Waals surface area contributed by atoms with Crippen LogP contribution in [0.4, 0.5) is 8.78 Å². The molecule has 0 unspecified atom stereocenters. The summed E-state index contributed by atoms with van der Waals surface area (Å²) in [5, 5.41) is 0. The Hall–Kier alpha value is -3.29. The molecule has 1 heterocycles. The minimum atomic E-state index is -0.812. The zero-order valence-electron chi connectivity index (χ0n) is 13.6. The van der Waals surface area contributed by atoms with Crippen LogP contribution in [0.15, 0.2) is 36.4 Å². The lowest BCUT2D eigenvalue weighted by Gasteiger charge is -2.12. The standard InChI is InChI=1S/C18H13F2NO5/c1-2-25-16(22)9-21-17(23)14-4-3-12(8-15(14)18(21)24)26-13-6-10(19)5-11(20)7-13/h3-8H,2,9H2,1H3. The smallest absolute Gasteiger partial charge is 0.326 e. The molecular formula is C18H13F2NO5. The zero-order chi connectivity index (χ0) is 18.8. The molecule has 0 fully saturated rings. The number of benzene rings is 2. The normalized spacial score (nSPS) is 13.0. The van der Waals surface area contributed by atoms with E-state index < -0.39 is 36.0 Å². The molecule has 0 saturated carbocycles. The Kier molecular flexibility index (Phi) is 4.66. The number of carbonyl (C=O) groups is 3. The van der Waals surface area contributed by atoms with Crippen LogP contribution in [0.25, 0.3) is 0 Å². The lowest BCUT2D eigenvalue weighted by atomic mass is 10.1. The van der Waals surface area contributed by atoms with Crippen LogP contribution < -0.4 is 4.74 Å². The van der Waals surface area contributed by atoms with E-state index in [0.717, 1.165) is 17.0 Å². The lowest BCUT2D eigenvalue weighted by molar-refractivity contribution is -0.143. The Labute approximate surface area is 146 Å². The summed E-state index contributed by atoms with van der Waals surface area (Å²) in [6, 6.07) is 6.69. The molecule has 1 aliphatic rings. The van der Waals surface area contributed by atoms with Gasteiger partial charge in [0, 0.05) is 18.2 Å². The van der Waals surface area contributed by atoms with E-state index in [4.69, 9.17) is 9.47 Å². The van der Waals surface area contributed by atoms with Gasteiger partial charge in [-0.15, -0.1) is 0 Å². The number of carbonyl (C=O) groups excluding carboxylic acids is 3. The van der Waals surface area contributed by atoms with Crippen molar-refractivity contribution in [2.24, 2.45) is 0 Å². The van der Waals surface area contributed by atoms with Gasteiger partial charge in [0.2, 0.25) is 0 Å². The van der Waals surface area contributed by atoms with Gasteiger partial charge in [0.25, 0.3) is 11.8 Å². The Bertz CT molecular complexity index is 892. The predicted molar refractivity (Wildman–Crippen MR) is 84.9 cm³/mol. The number of nitrogens with zero attached hydrogens (tertiary/aromatic N) is 1. The Morgan fingerprint density at radius 1 is 0.962 bits per heavy atom. The van der Waals surface area contributed by atoms with Crippen LogP contribution >= 0.6 is 0 Å². The predicted octanol–water partition coefficient (Wildman–Crippen LogP) is 2.92. The summed E-state index contributed by atoms with van der Waals surface area (Å²) in [6.45, 7) is 1.24. The molecule has 6 nitrogen and oxygen atoms in total. The number of ether oxygens (including phenoxy) is 2. The first-order chi connectivity index (χ1) is 12.4. The van der Waals surface area contributed by atoms with Crippen LogP contribution in [0.5, 0.6) is 11.5 Å². The van der Waals surface area contributed by atoms with E-state index in [9.17, 15) is 23.2 Å². The summed E-state index contributed by atoms with van der Waals surface area (Å²) in [7, 11) is 0. The first-order valence-corrected chi connectivity index (χ1v) is 7.69. The summed E-state index contributed by atoms with van der Waals surface area (Å²) >= 11 is 0. The van der Waals surface area contributed by atoms with Crippen molar-refractivity contribution in [1.82, 2.24) is 4.90 Å². The maximum Gasteiger partial charge on any atom is 0.326 e. The van der Waals surface area contributed by atoms with Crippen LogP contribution in [-0.4, -0.2) is 35.8 Å². The van der Waals surface area contributed by atoms with E-state index in [-0.39, 0.29) is 29.2 Å². The number of hydrogen-bond donors (Lipinski definition) is 0. The van der Waals surface area contributed by atoms with Crippen LogP contribution in [0.1, 0.15) is 27.6 Å². The monoisotopic (exact) mass is 361 g/mol. The van der Waals surface area contributed by atoms with Crippen molar-refractivity contribution < 1.29 is 32.6 Å². The van der Waals surface area contributed by atoms with Crippen LogP contribution in [0, 0.1) is 11.6 Å². The second-order valence-electron chi connectivity index (χ2n) is 5.42. The number of halogens is 2. The highest BCUT2D eigenvalue weighted by molar-refractivity contribution is 6.22. The topological polar surface area (TPSA) is 72.9 Å². The van der Waals surface area contributed by atoms with Crippen molar-refractivity contribution in [3.63, 3.8) is 0 Å². The molecule has 0 radical (unpaired) electrons. The van der Waals surface area contributed by atoms with Crippen LogP contribution in [0.3, 0.4) is 0 Å². The molecule has 0 aromatic heterocycles. The number of rotatable bonds is 5. The average Bonchev–Trinajstić information content (AvgIpc) is 2.79. The summed E-state index contributed by atoms with van der Waals surface area (Å²) in [5.41, 5.74) is 0.144. The average molecular weight is 361 g/mol. The maximum atomic E-state index is 13.2. The van der Waals surface area contributed by atoms with Gasteiger partial charge in [0.15, 0.2) is 0 Å². The fraction of sp³-hybridized carbons (Fsp3) is 0.167. The summed E-state index contributed by atoms with van der Waals surface area (Å²) < 4.78 is 36.6. The highest BCUT2D eigenvalue weighted by atomic mass is 19.1. The molecule has 0 bridgehead atoms. The molecule has 0 atom stereocenters. The minimum Gasteiger partial charge on any atom is -0.465 e. The third kappa shape index (κ3) is 3.39. The van der Waals surface area contributed by atoms with Crippen molar-refractivity contribution in [2.75, 3.05) is 13.2 Å². The molecule has 26 heavy (non-hydrogen) atoms. The van der Waals surface area contributed by atoms with E-state index >= 15 is 0 Å². The van der Waals surface area contributed by atoms with E-state index in [1.165, 1.54) is 18.2 Å². The number of imide groups is 1. The van der Waals surface area contributed by atoms with Crippen molar-refractivity contribution in [2.45, 2.75) is 6.92 Å². The van der Waals surface area contributed by atoms with E-state index in [0.29, 0.717) is 6.07 Å². The van der Waals surface area contributed by atoms with Crippen molar-refractivity contribution in [3.8, 4) is 11.5 Å². The molecule has 1 aliphatic heterocycles. The first kappa shape index (κ1) is 17.5. The fourth-order valence-corrected chi connectivity index (χ4v) is 2.54. The van der Waals surface area contributed by atoms with Gasteiger partial charge in [-0.05, 0) is 25.1 Å². The molecule has 134 valence electrons. The van der Waals surface area contributed by atoms with E-state index in [2.05, 4.69) is 0 Å². The molecule has 3 rings (SSSR count). The number of amides is 2. The van der Waals surface area contributed by atoms with Gasteiger partial charge >= 0.3 is 5.97 Å². The molecule has 0 aliphatic carbocycles. The SMILES string of the molecule is CCOC(=O)CN1C(=O)c2ccc(Oc3cc(F)cc(F)c3)cc2C1=O. The zero-order valence-corrected chi connectivity index (χ0v) is 13.6. The Morgan fingerprint density at radius 3 is 2.27 bits per heavy atom. The number of esters is 1. The van der Waals surface area contributed by atoms with Crippen LogP contribution in [-0.2, 0) is 9.53 Å². The largest absolute Gasteiger partial charge is 0.465 e. The molecule has 0 saturated heterocycles. The van der Waals surface area contributed by atoms with Gasteiger partial charge in [-0.25, -0.2) is 8.78 Å². The molecule has 8 heteroatoms. The van der Waals surface area contributed by atoms with Gasteiger partial charge in [-0.2, -0.15) is 0 Å². The first-order valence-electron chi connectivity index (χ1n) is 7.69. The summed E-state index contributed by atoms with van der Waals surface area (Å²) in [4.78, 5) is 37.0. The van der Waals surface area contributed by atoms with Crippen molar-refractivity contribution >= 4 is 17.8 Å². The summed E-state index contributed by atoms with van der Waals surface area (Å²) in [6.07, 6.45) is 0. The number of fused-ring (bicyclic) bond motifs is 1. The van der Waals surface area contributed by atoms with Gasteiger partial charge in [0.1, 0.15) is 29.7 Å².